The molecule has 0 bridgehead atoms. The Morgan fingerprint density at radius 3 is 3.25 bits per heavy atom. The van der Waals surface area contributed by atoms with Crippen molar-refractivity contribution in [3.05, 3.63) is 10.7 Å². The van der Waals surface area contributed by atoms with Gasteiger partial charge < -0.3 is 4.84 Å². The molecule has 6 heteroatoms. The predicted molar refractivity (Wildman–Crippen MR) is 39.2 cm³/mol. The monoisotopic (exact) mass is 168 g/mol. The van der Waals surface area contributed by atoms with Crippen LogP contribution in [0.4, 0.5) is 0 Å². The molecular weight excluding hydrogens is 160 g/mol. The van der Waals surface area contributed by atoms with Crippen LogP contribution in [0.15, 0.2) is 0 Å². The first kappa shape index (κ1) is 7.11. The van der Waals surface area contributed by atoms with E-state index in [-0.39, 0.29) is 0 Å². The van der Waals surface area contributed by atoms with E-state index in [1.54, 1.807) is 6.08 Å². The van der Waals surface area contributed by atoms with Crippen molar-refractivity contribution in [2.24, 2.45) is 0 Å². The summed E-state index contributed by atoms with van der Waals surface area (Å²) in [4.78, 5) is 6.18. The summed E-state index contributed by atoms with van der Waals surface area (Å²) in [7, 11) is 1.51. The fourth-order valence-corrected chi connectivity index (χ4v) is 1.07. The van der Waals surface area contributed by atoms with Crippen molar-refractivity contribution in [2.45, 2.75) is 0 Å². The number of aromatic nitrogens is 3. The number of rotatable bonds is 1. The lowest BCUT2D eigenvalue weighted by Gasteiger charge is -2.09. The molecule has 1 aliphatic rings. The molecule has 2 rings (SSSR count). The van der Waals surface area contributed by atoms with E-state index < -0.39 is 0 Å². The second-order valence-corrected chi connectivity index (χ2v) is 2.37. The van der Waals surface area contributed by atoms with Gasteiger partial charge in [-0.2, -0.15) is 0 Å². The second kappa shape index (κ2) is 2.49. The normalized spacial score (nSPS) is 14.7. The van der Waals surface area contributed by atoms with Gasteiger partial charge in [-0.15, -0.1) is 5.10 Å². The Hall–Kier alpha value is -1.56. The summed E-state index contributed by atoms with van der Waals surface area (Å²) in [6, 6.07) is 0. The third kappa shape index (κ3) is 0.928. The number of nitrogens with zero attached hydrogens (tertiary/aromatic N) is 4. The third-order valence-corrected chi connectivity index (χ3v) is 1.62. The average Bonchev–Trinajstić information content (AvgIpc) is 2.46. The highest BCUT2D eigenvalue weighted by molar-refractivity contribution is 5.31. The van der Waals surface area contributed by atoms with Crippen LogP contribution in [0.1, 0.15) is 0 Å². The van der Waals surface area contributed by atoms with E-state index in [4.69, 9.17) is 10.0 Å². The van der Waals surface area contributed by atoms with Crippen LogP contribution in [0.2, 0.25) is 0 Å². The molecule has 0 fully saturated rings. The Balaban J connectivity index is 2.66. The van der Waals surface area contributed by atoms with Crippen LogP contribution in [0, 0.1) is 0 Å². The van der Waals surface area contributed by atoms with E-state index in [2.05, 4.69) is 10.3 Å². The van der Waals surface area contributed by atoms with Crippen LogP contribution >= 0.6 is 0 Å². The topological polar surface area (TPSA) is 63.4 Å². The Morgan fingerprint density at radius 2 is 2.50 bits per heavy atom. The van der Waals surface area contributed by atoms with Crippen molar-refractivity contribution in [2.75, 3.05) is 13.7 Å². The molecular formula is C6H8N4O2. The Morgan fingerprint density at radius 1 is 1.67 bits per heavy atom. The Labute approximate surface area is 67.9 Å². The smallest absolute Gasteiger partial charge is 0.135 e. The van der Waals surface area contributed by atoms with Crippen LogP contribution in [0.25, 0.3) is 12.3 Å². The van der Waals surface area contributed by atoms with E-state index in [1.807, 2.05) is 0 Å². The fourth-order valence-electron chi connectivity index (χ4n) is 1.07. The lowest BCUT2D eigenvalue weighted by Crippen LogP contribution is -2.39. The summed E-state index contributed by atoms with van der Waals surface area (Å²) in [5, 5.41) is 18.9. The summed E-state index contributed by atoms with van der Waals surface area (Å²) < 4.78 is 0. The first-order valence-corrected chi connectivity index (χ1v) is 3.45. The molecule has 0 spiro atoms. The second-order valence-electron chi connectivity index (χ2n) is 2.37. The van der Waals surface area contributed by atoms with Crippen LogP contribution in [0.5, 0.6) is 0 Å². The van der Waals surface area contributed by atoms with Crippen molar-refractivity contribution in [1.29, 1.82) is 0 Å². The molecule has 6 nitrogen and oxygen atoms in total. The first-order valence-electron chi connectivity index (χ1n) is 3.45. The van der Waals surface area contributed by atoms with E-state index in [0.29, 0.717) is 11.9 Å². The molecule has 0 atom stereocenters. The minimum absolute atomic E-state index is 0.420. The molecule has 1 aromatic rings. The van der Waals surface area contributed by atoms with Gasteiger partial charge in [0.2, 0.25) is 0 Å². The first-order chi connectivity index (χ1) is 5.81. The minimum atomic E-state index is 0.420. The fraction of sp³-hybridized carbons (Fsp3) is 0.333. The predicted octanol–water partition coefficient (Wildman–Crippen LogP) is -2.44. The van der Waals surface area contributed by atoms with E-state index in [1.165, 1.54) is 18.2 Å². The third-order valence-electron chi connectivity index (χ3n) is 1.62. The quantitative estimate of drug-likeness (QED) is 0.504. The van der Waals surface area contributed by atoms with Crippen LogP contribution in [-0.4, -0.2) is 39.1 Å². The van der Waals surface area contributed by atoms with Crippen molar-refractivity contribution in [3.63, 3.8) is 0 Å². The van der Waals surface area contributed by atoms with E-state index in [9.17, 15) is 0 Å². The van der Waals surface area contributed by atoms with Gasteiger partial charge in [0.05, 0.1) is 12.7 Å². The lowest BCUT2D eigenvalue weighted by molar-refractivity contribution is -0.00686. The number of fused-ring (bicyclic) bond motifs is 1. The Bertz CT molecular complexity index is 396. The van der Waals surface area contributed by atoms with Gasteiger partial charge in [0, 0.05) is 0 Å². The van der Waals surface area contributed by atoms with Gasteiger partial charge in [-0.25, -0.2) is 0 Å². The maximum Gasteiger partial charge on any atom is 0.135 e. The number of hydrogen-bond acceptors (Lipinski definition) is 5. The molecule has 2 heterocycles. The molecule has 0 saturated carbocycles. The Kier molecular flexibility index (Phi) is 1.47. The number of hydrogen-bond donors (Lipinski definition) is 1. The largest absolute Gasteiger partial charge is 0.398 e. The molecule has 0 amide bonds. The maximum absolute atomic E-state index is 9.07. The van der Waals surface area contributed by atoms with Crippen molar-refractivity contribution in [3.8, 4) is 0 Å². The standard InChI is InChI=1S/C6H8N4O2/c1-12-10-6-2-3-9(11)4-5(6)7-8-10/h2,4,11H,3H2,1H3. The molecule has 12 heavy (non-hydrogen) atoms. The van der Waals surface area contributed by atoms with Crippen LogP contribution < -0.4 is 15.5 Å². The van der Waals surface area contributed by atoms with Gasteiger partial charge in [0.1, 0.15) is 17.8 Å². The molecule has 0 unspecified atom stereocenters. The molecule has 0 aromatic carbocycles. The van der Waals surface area contributed by atoms with Gasteiger partial charge in [0.15, 0.2) is 0 Å². The van der Waals surface area contributed by atoms with Gasteiger partial charge in [0.25, 0.3) is 0 Å². The van der Waals surface area contributed by atoms with Crippen LogP contribution in [-0.2, 0) is 0 Å². The van der Waals surface area contributed by atoms with E-state index >= 15 is 0 Å². The highest BCUT2D eigenvalue weighted by Crippen LogP contribution is 1.84. The summed E-state index contributed by atoms with van der Waals surface area (Å²) in [5.41, 5.74) is 0. The minimum Gasteiger partial charge on any atom is -0.398 e. The molecule has 0 saturated heterocycles. The summed E-state index contributed by atoms with van der Waals surface area (Å²) in [5.74, 6) is 0. The zero-order chi connectivity index (χ0) is 8.55. The molecule has 1 N–H and O–H groups in total. The average molecular weight is 168 g/mol. The maximum atomic E-state index is 9.07. The number of hydroxylamine groups is 2. The molecule has 1 aromatic heterocycles. The molecule has 64 valence electrons. The van der Waals surface area contributed by atoms with Crippen LogP contribution in [0.3, 0.4) is 0 Å². The van der Waals surface area contributed by atoms with Gasteiger partial charge in [-0.1, -0.05) is 4.85 Å². The van der Waals surface area contributed by atoms with Crippen molar-refractivity contribution in [1.82, 2.24) is 20.2 Å². The van der Waals surface area contributed by atoms with E-state index in [0.717, 1.165) is 10.4 Å². The highest BCUT2D eigenvalue weighted by atomic mass is 16.7. The summed E-state index contributed by atoms with van der Waals surface area (Å²) >= 11 is 0. The summed E-state index contributed by atoms with van der Waals surface area (Å²) in [6.45, 7) is 0.420. The zero-order valence-corrected chi connectivity index (χ0v) is 6.51. The molecule has 1 aliphatic heterocycles. The highest BCUT2D eigenvalue weighted by Gasteiger charge is 2.05. The van der Waals surface area contributed by atoms with Gasteiger partial charge in [-0.05, 0) is 11.3 Å². The van der Waals surface area contributed by atoms with Crippen molar-refractivity contribution >= 4 is 12.3 Å². The SMILES string of the molecule is COn1nnc2c1=CCN(O)C=2. The molecule has 0 aliphatic carbocycles. The van der Waals surface area contributed by atoms with Gasteiger partial charge in [-0.3, -0.25) is 10.3 Å². The lowest BCUT2D eigenvalue weighted by atomic mass is 10.4. The van der Waals surface area contributed by atoms with Crippen molar-refractivity contribution < 1.29 is 10.0 Å². The zero-order valence-electron chi connectivity index (χ0n) is 6.51. The van der Waals surface area contributed by atoms with Gasteiger partial charge >= 0.3 is 0 Å². The summed E-state index contributed by atoms with van der Waals surface area (Å²) in [6.07, 6.45) is 3.27. The molecule has 0 radical (unpaired) electrons.